The van der Waals surface area contributed by atoms with Crippen molar-refractivity contribution in [3.05, 3.63) is 34.4 Å². The minimum absolute atomic E-state index is 0.0767. The summed E-state index contributed by atoms with van der Waals surface area (Å²) in [5.74, 6) is -0.746. The lowest BCUT2D eigenvalue weighted by molar-refractivity contribution is 0.0524. The van der Waals surface area contributed by atoms with Gasteiger partial charge in [-0.15, -0.1) is 0 Å². The maximum atomic E-state index is 12.7. The van der Waals surface area contributed by atoms with Gasteiger partial charge in [0.2, 0.25) is 0 Å². The summed E-state index contributed by atoms with van der Waals surface area (Å²) < 4.78 is 30.1. The van der Waals surface area contributed by atoms with Crippen LogP contribution >= 0.6 is 0 Å². The van der Waals surface area contributed by atoms with Crippen LogP contribution < -0.4 is 0 Å². The van der Waals surface area contributed by atoms with E-state index in [1.165, 1.54) is 6.07 Å². The molecule has 0 spiro atoms. The quantitative estimate of drug-likeness (QED) is 0.762. The first-order valence-electron chi connectivity index (χ1n) is 5.01. The van der Waals surface area contributed by atoms with Gasteiger partial charge in [0.25, 0.3) is 6.43 Å². The lowest BCUT2D eigenvalue weighted by Crippen LogP contribution is -2.11. The summed E-state index contributed by atoms with van der Waals surface area (Å²) in [4.78, 5) is 11.6. The molecule has 90 valence electrons. The molecule has 0 aliphatic heterocycles. The SMILES string of the molecule is CCOC(=O)c1c(C)ccc(C(F)F)c1C#N. The highest BCUT2D eigenvalue weighted by Crippen LogP contribution is 2.27. The highest BCUT2D eigenvalue weighted by Gasteiger charge is 2.22. The normalized spacial score (nSPS) is 10.1. The molecule has 0 aliphatic carbocycles. The summed E-state index contributed by atoms with van der Waals surface area (Å²) in [5.41, 5.74) is -0.379. The molecule has 0 atom stereocenters. The molecule has 0 aromatic heterocycles. The molecule has 5 heteroatoms. The summed E-state index contributed by atoms with van der Waals surface area (Å²) >= 11 is 0. The zero-order chi connectivity index (χ0) is 13.0. The van der Waals surface area contributed by atoms with Crippen molar-refractivity contribution in [1.29, 1.82) is 5.26 Å². The summed E-state index contributed by atoms with van der Waals surface area (Å²) in [6.45, 7) is 3.31. The van der Waals surface area contributed by atoms with Crippen LogP contribution in [0.15, 0.2) is 12.1 Å². The average Bonchev–Trinajstić information content (AvgIpc) is 2.28. The van der Waals surface area contributed by atoms with Gasteiger partial charge in [0.1, 0.15) is 6.07 Å². The lowest BCUT2D eigenvalue weighted by Gasteiger charge is -2.10. The third-order valence-electron chi connectivity index (χ3n) is 2.27. The third-order valence-corrected chi connectivity index (χ3v) is 2.27. The van der Waals surface area contributed by atoms with Crippen molar-refractivity contribution in [1.82, 2.24) is 0 Å². The van der Waals surface area contributed by atoms with Gasteiger partial charge < -0.3 is 4.74 Å². The number of hydrogen-bond donors (Lipinski definition) is 0. The van der Waals surface area contributed by atoms with E-state index in [-0.39, 0.29) is 17.7 Å². The van der Waals surface area contributed by atoms with Crippen LogP contribution in [0.4, 0.5) is 8.78 Å². The van der Waals surface area contributed by atoms with Crippen molar-refractivity contribution in [2.24, 2.45) is 0 Å². The third kappa shape index (κ3) is 2.59. The zero-order valence-corrected chi connectivity index (χ0v) is 9.46. The van der Waals surface area contributed by atoms with Gasteiger partial charge in [-0.2, -0.15) is 5.26 Å². The number of hydrogen-bond acceptors (Lipinski definition) is 3. The number of nitrogens with zero attached hydrogens (tertiary/aromatic N) is 1. The molecule has 0 amide bonds. The van der Waals surface area contributed by atoms with Crippen molar-refractivity contribution in [2.75, 3.05) is 6.61 Å². The van der Waals surface area contributed by atoms with Gasteiger partial charge in [0.15, 0.2) is 0 Å². The minimum Gasteiger partial charge on any atom is -0.462 e. The van der Waals surface area contributed by atoms with Gasteiger partial charge in [-0.3, -0.25) is 0 Å². The number of carbonyl (C=O) groups excluding carboxylic acids is 1. The first kappa shape index (κ1) is 13.1. The van der Waals surface area contributed by atoms with Crippen molar-refractivity contribution in [2.45, 2.75) is 20.3 Å². The number of esters is 1. The van der Waals surface area contributed by atoms with Crippen LogP contribution in [0.1, 0.15) is 40.4 Å². The Kier molecular flexibility index (Phi) is 4.16. The van der Waals surface area contributed by atoms with E-state index in [1.807, 2.05) is 0 Å². The maximum Gasteiger partial charge on any atom is 0.339 e. The number of ether oxygens (including phenoxy) is 1. The Morgan fingerprint density at radius 3 is 2.65 bits per heavy atom. The molecule has 0 aliphatic rings. The number of halogens is 2. The second-order valence-electron chi connectivity index (χ2n) is 3.35. The maximum absolute atomic E-state index is 12.7. The predicted molar refractivity (Wildman–Crippen MR) is 56.8 cm³/mol. The van der Waals surface area contributed by atoms with Crippen molar-refractivity contribution < 1.29 is 18.3 Å². The molecule has 0 saturated carbocycles. The van der Waals surface area contributed by atoms with Crippen LogP contribution in [0.3, 0.4) is 0 Å². The number of rotatable bonds is 3. The second kappa shape index (κ2) is 5.39. The van der Waals surface area contributed by atoms with Gasteiger partial charge in [0.05, 0.1) is 17.7 Å². The van der Waals surface area contributed by atoms with Gasteiger partial charge in [-0.25, -0.2) is 13.6 Å². The smallest absolute Gasteiger partial charge is 0.339 e. The highest BCUT2D eigenvalue weighted by atomic mass is 19.3. The van der Waals surface area contributed by atoms with E-state index in [0.717, 1.165) is 6.07 Å². The Morgan fingerprint density at radius 1 is 1.53 bits per heavy atom. The molecule has 17 heavy (non-hydrogen) atoms. The Labute approximate surface area is 97.6 Å². The molecule has 0 unspecified atom stereocenters. The van der Waals surface area contributed by atoms with Crippen molar-refractivity contribution in [3.63, 3.8) is 0 Å². The Hall–Kier alpha value is -1.96. The molecule has 1 aromatic rings. The van der Waals surface area contributed by atoms with Gasteiger partial charge in [-0.05, 0) is 19.4 Å². The van der Waals surface area contributed by atoms with E-state index in [2.05, 4.69) is 0 Å². The fourth-order valence-electron chi connectivity index (χ4n) is 1.49. The number of alkyl halides is 2. The summed E-state index contributed by atoms with van der Waals surface area (Å²) in [7, 11) is 0. The van der Waals surface area contributed by atoms with Crippen LogP contribution in [0.2, 0.25) is 0 Å². The molecule has 0 N–H and O–H groups in total. The molecule has 0 radical (unpaired) electrons. The van der Waals surface area contributed by atoms with Crippen molar-refractivity contribution in [3.8, 4) is 6.07 Å². The number of benzene rings is 1. The topological polar surface area (TPSA) is 50.1 Å². The lowest BCUT2D eigenvalue weighted by atomic mass is 9.97. The summed E-state index contributed by atoms with van der Waals surface area (Å²) in [6.07, 6.45) is -2.79. The second-order valence-corrected chi connectivity index (χ2v) is 3.35. The molecule has 0 heterocycles. The van der Waals surface area contributed by atoms with E-state index in [4.69, 9.17) is 10.00 Å². The van der Waals surface area contributed by atoms with E-state index in [1.54, 1.807) is 19.9 Å². The molecule has 0 fully saturated rings. The molecule has 1 aromatic carbocycles. The van der Waals surface area contributed by atoms with Crippen LogP contribution in [0.25, 0.3) is 0 Å². The van der Waals surface area contributed by atoms with Crippen LogP contribution in [-0.2, 0) is 4.74 Å². The van der Waals surface area contributed by atoms with Crippen LogP contribution in [0, 0.1) is 18.3 Å². The Morgan fingerprint density at radius 2 is 2.18 bits per heavy atom. The molecule has 3 nitrogen and oxygen atoms in total. The Balaban J connectivity index is 3.42. The standard InChI is InChI=1S/C12H11F2NO2/c1-3-17-12(16)10-7(2)4-5-8(11(13)14)9(10)6-15/h4-5,11H,3H2,1-2H3. The number of aryl methyl sites for hydroxylation is 1. The molecule has 1 rings (SSSR count). The number of nitriles is 1. The highest BCUT2D eigenvalue weighted by molar-refractivity contribution is 5.94. The van der Waals surface area contributed by atoms with Gasteiger partial charge in [-0.1, -0.05) is 12.1 Å². The van der Waals surface area contributed by atoms with Gasteiger partial charge >= 0.3 is 5.97 Å². The van der Waals surface area contributed by atoms with E-state index < -0.39 is 18.0 Å². The van der Waals surface area contributed by atoms with Gasteiger partial charge in [0, 0.05) is 5.56 Å². The first-order chi connectivity index (χ1) is 8.02. The molecular formula is C12H11F2NO2. The monoisotopic (exact) mass is 239 g/mol. The number of carbonyl (C=O) groups is 1. The fourth-order valence-corrected chi connectivity index (χ4v) is 1.49. The first-order valence-corrected chi connectivity index (χ1v) is 5.01. The molecule has 0 saturated heterocycles. The van der Waals surface area contributed by atoms with Crippen LogP contribution in [-0.4, -0.2) is 12.6 Å². The average molecular weight is 239 g/mol. The summed E-state index contributed by atoms with van der Waals surface area (Å²) in [5, 5.41) is 8.90. The minimum atomic E-state index is -2.79. The van der Waals surface area contributed by atoms with E-state index in [9.17, 15) is 13.6 Å². The Bertz CT molecular complexity index is 478. The zero-order valence-electron chi connectivity index (χ0n) is 9.46. The van der Waals surface area contributed by atoms with E-state index >= 15 is 0 Å². The summed E-state index contributed by atoms with van der Waals surface area (Å²) in [6, 6.07) is 4.18. The van der Waals surface area contributed by atoms with E-state index in [0.29, 0.717) is 5.56 Å². The molecule has 0 bridgehead atoms. The van der Waals surface area contributed by atoms with Crippen molar-refractivity contribution >= 4 is 5.97 Å². The largest absolute Gasteiger partial charge is 0.462 e. The fraction of sp³-hybridized carbons (Fsp3) is 0.333. The predicted octanol–water partition coefficient (Wildman–Crippen LogP) is 2.98. The van der Waals surface area contributed by atoms with Crippen LogP contribution in [0.5, 0.6) is 0 Å². The molecular weight excluding hydrogens is 228 g/mol.